The number of amides is 1. The number of nitro benzene ring substituents is 1. The van der Waals surface area contributed by atoms with Gasteiger partial charge in [0.25, 0.3) is 11.6 Å². The Balaban J connectivity index is 2.66. The summed E-state index contributed by atoms with van der Waals surface area (Å²) < 4.78 is 5.03. The summed E-state index contributed by atoms with van der Waals surface area (Å²) >= 11 is 0. The topological polar surface area (TPSA) is 98.5 Å². The fraction of sp³-hybridized carbons (Fsp3) is 0.429. The highest BCUT2D eigenvalue weighted by molar-refractivity contribution is 5.95. The van der Waals surface area contributed by atoms with Crippen molar-refractivity contribution in [3.05, 3.63) is 34.4 Å². The maximum Gasteiger partial charge on any atom is 0.309 e. The van der Waals surface area contributed by atoms with E-state index in [-0.39, 0.29) is 17.3 Å². The van der Waals surface area contributed by atoms with E-state index in [1.165, 1.54) is 31.2 Å². The Morgan fingerprint density at radius 3 is 2.62 bits per heavy atom. The molecule has 0 aliphatic carbocycles. The minimum absolute atomic E-state index is 0.128. The second-order valence-corrected chi connectivity index (χ2v) is 4.69. The van der Waals surface area contributed by atoms with E-state index in [0.29, 0.717) is 6.42 Å². The van der Waals surface area contributed by atoms with Crippen molar-refractivity contribution in [2.24, 2.45) is 5.92 Å². The fourth-order valence-corrected chi connectivity index (χ4v) is 1.45. The van der Waals surface area contributed by atoms with Gasteiger partial charge in [0.15, 0.2) is 6.10 Å². The van der Waals surface area contributed by atoms with Gasteiger partial charge in [-0.15, -0.1) is 0 Å². The van der Waals surface area contributed by atoms with Crippen LogP contribution in [0.2, 0.25) is 0 Å². The molecule has 7 heteroatoms. The molecule has 2 atom stereocenters. The molecule has 0 saturated heterocycles. The molecule has 0 radical (unpaired) electrons. The van der Waals surface area contributed by atoms with Crippen LogP contribution in [-0.4, -0.2) is 22.9 Å². The predicted octanol–water partition coefficient (Wildman–Crippen LogP) is 2.51. The highest BCUT2D eigenvalue weighted by Gasteiger charge is 2.21. The second-order valence-electron chi connectivity index (χ2n) is 4.69. The first-order valence-electron chi connectivity index (χ1n) is 6.61. The van der Waals surface area contributed by atoms with E-state index in [1.807, 2.05) is 6.92 Å². The van der Waals surface area contributed by atoms with Crippen LogP contribution in [0.5, 0.6) is 0 Å². The minimum atomic E-state index is -0.967. The van der Waals surface area contributed by atoms with Gasteiger partial charge < -0.3 is 10.1 Å². The summed E-state index contributed by atoms with van der Waals surface area (Å²) in [4.78, 5) is 33.6. The van der Waals surface area contributed by atoms with Crippen LogP contribution >= 0.6 is 0 Å². The first-order valence-corrected chi connectivity index (χ1v) is 6.61. The Morgan fingerprint density at radius 2 is 2.05 bits per heavy atom. The average molecular weight is 294 g/mol. The first kappa shape index (κ1) is 16.6. The quantitative estimate of drug-likeness (QED) is 0.493. The summed E-state index contributed by atoms with van der Waals surface area (Å²) in [5.74, 6) is -1.26. The van der Waals surface area contributed by atoms with Crippen LogP contribution in [0, 0.1) is 16.0 Å². The van der Waals surface area contributed by atoms with Gasteiger partial charge in [0, 0.05) is 17.8 Å². The smallest absolute Gasteiger partial charge is 0.309 e. The molecule has 1 aromatic carbocycles. The Hall–Kier alpha value is -2.44. The van der Waals surface area contributed by atoms with Crippen molar-refractivity contribution in [2.75, 3.05) is 5.32 Å². The van der Waals surface area contributed by atoms with Crippen molar-refractivity contribution in [2.45, 2.75) is 33.3 Å². The molecule has 21 heavy (non-hydrogen) atoms. The van der Waals surface area contributed by atoms with Gasteiger partial charge in [-0.1, -0.05) is 19.9 Å². The largest absolute Gasteiger partial charge is 0.452 e. The molecule has 0 saturated carbocycles. The zero-order valence-corrected chi connectivity index (χ0v) is 12.2. The number of nitrogens with zero attached hydrogens (tertiary/aromatic N) is 1. The molecule has 0 spiro atoms. The van der Waals surface area contributed by atoms with Crippen molar-refractivity contribution in [3.63, 3.8) is 0 Å². The second kappa shape index (κ2) is 7.37. The van der Waals surface area contributed by atoms with Crippen LogP contribution < -0.4 is 5.32 Å². The molecule has 0 aromatic heterocycles. The van der Waals surface area contributed by atoms with Crippen LogP contribution in [0.4, 0.5) is 11.4 Å². The van der Waals surface area contributed by atoms with Gasteiger partial charge in [0.2, 0.25) is 0 Å². The van der Waals surface area contributed by atoms with E-state index in [1.54, 1.807) is 6.92 Å². The summed E-state index contributed by atoms with van der Waals surface area (Å²) in [7, 11) is 0. The Labute approximate surface area is 122 Å². The maximum absolute atomic E-state index is 11.9. The van der Waals surface area contributed by atoms with Crippen LogP contribution in [-0.2, 0) is 14.3 Å². The van der Waals surface area contributed by atoms with Crippen molar-refractivity contribution >= 4 is 23.3 Å². The molecular weight excluding hydrogens is 276 g/mol. The number of nitrogens with one attached hydrogen (secondary N) is 1. The maximum atomic E-state index is 11.9. The zero-order chi connectivity index (χ0) is 16.0. The number of benzene rings is 1. The number of hydrogen-bond donors (Lipinski definition) is 1. The number of anilines is 1. The highest BCUT2D eigenvalue weighted by Crippen LogP contribution is 2.17. The van der Waals surface area contributed by atoms with E-state index < -0.39 is 22.9 Å². The summed E-state index contributed by atoms with van der Waals surface area (Å²) in [6, 6.07) is 5.54. The Kier molecular flexibility index (Phi) is 5.83. The predicted molar refractivity (Wildman–Crippen MR) is 76.7 cm³/mol. The van der Waals surface area contributed by atoms with Crippen molar-refractivity contribution < 1.29 is 19.2 Å². The first-order chi connectivity index (χ1) is 9.85. The van der Waals surface area contributed by atoms with Gasteiger partial charge in [-0.3, -0.25) is 19.7 Å². The molecule has 1 N–H and O–H groups in total. The van der Waals surface area contributed by atoms with Gasteiger partial charge in [-0.05, 0) is 19.4 Å². The fourth-order valence-electron chi connectivity index (χ4n) is 1.45. The molecule has 2 unspecified atom stereocenters. The third-order valence-corrected chi connectivity index (χ3v) is 3.00. The number of esters is 1. The van der Waals surface area contributed by atoms with Gasteiger partial charge in [0.05, 0.1) is 10.8 Å². The van der Waals surface area contributed by atoms with Crippen LogP contribution in [0.15, 0.2) is 24.3 Å². The van der Waals surface area contributed by atoms with Crippen molar-refractivity contribution in [1.29, 1.82) is 0 Å². The third-order valence-electron chi connectivity index (χ3n) is 3.00. The molecule has 0 fully saturated rings. The van der Waals surface area contributed by atoms with E-state index >= 15 is 0 Å². The number of non-ortho nitro benzene ring substituents is 1. The SMILES string of the molecule is CCC(C)C(=O)OC(C)C(=O)Nc1cccc([N+](=O)[O-])c1. The molecule has 0 aliphatic heterocycles. The highest BCUT2D eigenvalue weighted by atomic mass is 16.6. The molecular formula is C14H18N2O5. The molecule has 0 bridgehead atoms. The molecule has 7 nitrogen and oxygen atoms in total. The van der Waals surface area contributed by atoms with E-state index in [0.717, 1.165) is 0 Å². The molecule has 1 aromatic rings. The lowest BCUT2D eigenvalue weighted by Crippen LogP contribution is -2.31. The third kappa shape index (κ3) is 4.87. The number of rotatable bonds is 6. The number of carbonyl (C=O) groups excluding carboxylic acids is 2. The summed E-state index contributed by atoms with van der Waals surface area (Å²) in [5, 5.41) is 13.1. The van der Waals surface area contributed by atoms with Crippen molar-refractivity contribution in [3.8, 4) is 0 Å². The number of nitro groups is 1. The minimum Gasteiger partial charge on any atom is -0.452 e. The molecule has 0 aliphatic rings. The number of ether oxygens (including phenoxy) is 1. The number of carbonyl (C=O) groups is 2. The van der Waals surface area contributed by atoms with Gasteiger partial charge in [0.1, 0.15) is 0 Å². The van der Waals surface area contributed by atoms with Crippen LogP contribution in [0.1, 0.15) is 27.2 Å². The number of hydrogen-bond acceptors (Lipinski definition) is 5. The monoisotopic (exact) mass is 294 g/mol. The standard InChI is InChI=1S/C14H18N2O5/c1-4-9(2)14(18)21-10(3)13(17)15-11-6-5-7-12(8-11)16(19)20/h5-10H,4H2,1-3H3,(H,15,17). The summed E-state index contributed by atoms with van der Waals surface area (Å²) in [6.07, 6.45) is -0.344. The van der Waals surface area contributed by atoms with Gasteiger partial charge in [-0.2, -0.15) is 0 Å². The van der Waals surface area contributed by atoms with Crippen LogP contribution in [0.3, 0.4) is 0 Å². The molecule has 1 rings (SSSR count). The molecule has 114 valence electrons. The lowest BCUT2D eigenvalue weighted by Gasteiger charge is -2.15. The zero-order valence-electron chi connectivity index (χ0n) is 12.2. The normalized spacial score (nSPS) is 13.1. The van der Waals surface area contributed by atoms with E-state index in [9.17, 15) is 19.7 Å². The van der Waals surface area contributed by atoms with Crippen molar-refractivity contribution in [1.82, 2.24) is 0 Å². The van der Waals surface area contributed by atoms with Gasteiger partial charge in [-0.25, -0.2) is 0 Å². The molecule has 1 amide bonds. The van der Waals surface area contributed by atoms with E-state index in [2.05, 4.69) is 5.32 Å². The van der Waals surface area contributed by atoms with E-state index in [4.69, 9.17) is 4.74 Å². The lowest BCUT2D eigenvalue weighted by atomic mass is 10.1. The molecule has 0 heterocycles. The average Bonchev–Trinajstić information content (AvgIpc) is 2.46. The van der Waals surface area contributed by atoms with Crippen LogP contribution in [0.25, 0.3) is 0 Å². The van der Waals surface area contributed by atoms with Gasteiger partial charge >= 0.3 is 5.97 Å². The Morgan fingerprint density at radius 1 is 1.38 bits per heavy atom. The lowest BCUT2D eigenvalue weighted by molar-refractivity contribution is -0.384. The summed E-state index contributed by atoms with van der Waals surface area (Å²) in [5.41, 5.74) is 0.151. The summed E-state index contributed by atoms with van der Waals surface area (Å²) in [6.45, 7) is 5.01. The Bertz CT molecular complexity index is 544.